The van der Waals surface area contributed by atoms with Gasteiger partial charge in [0.15, 0.2) is 0 Å². The summed E-state index contributed by atoms with van der Waals surface area (Å²) in [6.45, 7) is 3.59. The van der Waals surface area contributed by atoms with Gasteiger partial charge < -0.3 is 4.74 Å². The Kier molecular flexibility index (Phi) is 3.12. The Bertz CT molecular complexity index is 303. The summed E-state index contributed by atoms with van der Waals surface area (Å²) >= 11 is 0. The van der Waals surface area contributed by atoms with E-state index in [4.69, 9.17) is 4.74 Å². The molecule has 0 N–H and O–H groups in total. The van der Waals surface area contributed by atoms with Crippen LogP contribution in [0.15, 0.2) is 0 Å². The summed E-state index contributed by atoms with van der Waals surface area (Å²) < 4.78 is 6.00. The first kappa shape index (κ1) is 11.7. The minimum absolute atomic E-state index is 0.575. The SMILES string of the molecule is C1CC[C@@H]2[C@H](C1)OCCN2C[C@@H]1C[C@H]2CC[C@H]1C2. The van der Waals surface area contributed by atoms with Crippen molar-refractivity contribution in [3.05, 3.63) is 0 Å². The number of hydrogen-bond acceptors (Lipinski definition) is 2. The average Bonchev–Trinajstić information content (AvgIpc) is 3.01. The third-order valence-corrected chi connectivity index (χ3v) is 6.20. The van der Waals surface area contributed by atoms with Crippen LogP contribution in [0.5, 0.6) is 0 Å². The highest BCUT2D eigenvalue weighted by atomic mass is 16.5. The van der Waals surface area contributed by atoms with Gasteiger partial charge in [0.2, 0.25) is 0 Å². The molecule has 2 heteroatoms. The Labute approximate surface area is 111 Å². The van der Waals surface area contributed by atoms with Gasteiger partial charge in [-0.3, -0.25) is 4.90 Å². The van der Waals surface area contributed by atoms with E-state index < -0.39 is 0 Å². The van der Waals surface area contributed by atoms with E-state index in [0.717, 1.165) is 30.4 Å². The first-order chi connectivity index (χ1) is 8.90. The minimum atomic E-state index is 0.575. The van der Waals surface area contributed by atoms with Gasteiger partial charge in [-0.25, -0.2) is 0 Å². The second kappa shape index (κ2) is 4.79. The van der Waals surface area contributed by atoms with Crippen LogP contribution in [0, 0.1) is 17.8 Å². The molecule has 0 aromatic carbocycles. The monoisotopic (exact) mass is 249 g/mol. The number of nitrogens with zero attached hydrogens (tertiary/aromatic N) is 1. The molecule has 0 spiro atoms. The average molecular weight is 249 g/mol. The largest absolute Gasteiger partial charge is 0.375 e. The van der Waals surface area contributed by atoms with Gasteiger partial charge in [-0.1, -0.05) is 19.3 Å². The van der Waals surface area contributed by atoms with E-state index in [1.54, 1.807) is 12.8 Å². The maximum absolute atomic E-state index is 6.00. The maximum Gasteiger partial charge on any atom is 0.0730 e. The molecule has 4 aliphatic rings. The molecular weight excluding hydrogens is 222 g/mol. The first-order valence-electron chi connectivity index (χ1n) is 8.26. The van der Waals surface area contributed by atoms with Crippen LogP contribution in [0.2, 0.25) is 0 Å². The number of rotatable bonds is 2. The Hall–Kier alpha value is -0.0800. The van der Waals surface area contributed by atoms with E-state index in [-0.39, 0.29) is 0 Å². The van der Waals surface area contributed by atoms with Crippen LogP contribution in [0.1, 0.15) is 51.4 Å². The number of morpholine rings is 1. The van der Waals surface area contributed by atoms with E-state index in [0.29, 0.717) is 6.10 Å². The van der Waals surface area contributed by atoms with Crippen LogP contribution < -0.4 is 0 Å². The Morgan fingerprint density at radius 1 is 1.00 bits per heavy atom. The molecule has 1 heterocycles. The summed E-state index contributed by atoms with van der Waals surface area (Å²) in [5.74, 6) is 3.22. The molecule has 0 unspecified atom stereocenters. The fourth-order valence-corrected chi connectivity index (χ4v) is 5.30. The Morgan fingerprint density at radius 3 is 2.78 bits per heavy atom. The lowest BCUT2D eigenvalue weighted by molar-refractivity contribution is -0.0937. The van der Waals surface area contributed by atoms with Gasteiger partial charge in [0, 0.05) is 19.1 Å². The summed E-state index contributed by atoms with van der Waals surface area (Å²) in [4.78, 5) is 2.82. The summed E-state index contributed by atoms with van der Waals surface area (Å²) in [5, 5.41) is 0. The zero-order valence-electron chi connectivity index (χ0n) is 11.5. The quantitative estimate of drug-likeness (QED) is 0.746. The van der Waals surface area contributed by atoms with Gasteiger partial charge in [-0.05, 0) is 49.9 Å². The Morgan fingerprint density at radius 2 is 1.94 bits per heavy atom. The molecular formula is C16H27NO. The molecule has 2 nitrogen and oxygen atoms in total. The predicted octanol–water partition coefficient (Wildman–Crippen LogP) is 3.07. The highest BCUT2D eigenvalue weighted by Crippen LogP contribution is 2.48. The molecule has 4 rings (SSSR count). The van der Waals surface area contributed by atoms with E-state index in [1.165, 1.54) is 51.6 Å². The number of ether oxygens (including phenoxy) is 1. The van der Waals surface area contributed by atoms with Crippen molar-refractivity contribution in [1.29, 1.82) is 0 Å². The molecule has 1 saturated heterocycles. The van der Waals surface area contributed by atoms with Gasteiger partial charge in [0.05, 0.1) is 12.7 Å². The van der Waals surface area contributed by atoms with E-state index in [1.807, 2.05) is 0 Å². The zero-order valence-corrected chi connectivity index (χ0v) is 11.5. The van der Waals surface area contributed by atoms with E-state index >= 15 is 0 Å². The van der Waals surface area contributed by atoms with Crippen LogP contribution in [0.3, 0.4) is 0 Å². The van der Waals surface area contributed by atoms with Crippen molar-refractivity contribution in [3.8, 4) is 0 Å². The molecule has 1 aliphatic heterocycles. The van der Waals surface area contributed by atoms with Crippen molar-refractivity contribution in [2.45, 2.75) is 63.5 Å². The second-order valence-corrected chi connectivity index (χ2v) is 7.19. The van der Waals surface area contributed by atoms with Crippen LogP contribution in [0.25, 0.3) is 0 Å². The van der Waals surface area contributed by atoms with Gasteiger partial charge in [-0.2, -0.15) is 0 Å². The van der Waals surface area contributed by atoms with E-state index in [2.05, 4.69) is 4.90 Å². The molecule has 102 valence electrons. The lowest BCUT2D eigenvalue weighted by atomic mass is 9.85. The van der Waals surface area contributed by atoms with Crippen molar-refractivity contribution in [2.24, 2.45) is 17.8 Å². The molecule has 2 bridgehead atoms. The summed E-state index contributed by atoms with van der Waals surface area (Å²) in [7, 11) is 0. The van der Waals surface area contributed by atoms with Gasteiger partial charge in [0.1, 0.15) is 0 Å². The number of fused-ring (bicyclic) bond motifs is 3. The third-order valence-electron chi connectivity index (χ3n) is 6.20. The summed E-state index contributed by atoms with van der Waals surface area (Å²) in [6, 6.07) is 0.770. The van der Waals surface area contributed by atoms with Crippen LogP contribution in [0.4, 0.5) is 0 Å². The molecule has 4 fully saturated rings. The highest BCUT2D eigenvalue weighted by molar-refractivity contribution is 4.94. The molecule has 3 aliphatic carbocycles. The lowest BCUT2D eigenvalue weighted by Crippen LogP contribution is -2.54. The van der Waals surface area contributed by atoms with Crippen molar-refractivity contribution < 1.29 is 4.74 Å². The Balaban J connectivity index is 1.41. The molecule has 18 heavy (non-hydrogen) atoms. The summed E-state index contributed by atoms with van der Waals surface area (Å²) in [5.41, 5.74) is 0. The molecule has 0 radical (unpaired) electrons. The van der Waals surface area contributed by atoms with Gasteiger partial charge in [-0.15, -0.1) is 0 Å². The van der Waals surface area contributed by atoms with Crippen molar-refractivity contribution in [1.82, 2.24) is 4.90 Å². The summed E-state index contributed by atoms with van der Waals surface area (Å²) in [6.07, 6.45) is 12.3. The fourth-order valence-electron chi connectivity index (χ4n) is 5.30. The zero-order chi connectivity index (χ0) is 11.9. The maximum atomic E-state index is 6.00. The molecule has 5 atom stereocenters. The number of hydrogen-bond donors (Lipinski definition) is 0. The molecule has 3 saturated carbocycles. The highest BCUT2D eigenvalue weighted by Gasteiger charge is 2.42. The molecule has 0 aromatic heterocycles. The second-order valence-electron chi connectivity index (χ2n) is 7.19. The third kappa shape index (κ3) is 2.02. The van der Waals surface area contributed by atoms with Crippen LogP contribution in [-0.2, 0) is 4.74 Å². The van der Waals surface area contributed by atoms with E-state index in [9.17, 15) is 0 Å². The predicted molar refractivity (Wildman–Crippen MR) is 72.5 cm³/mol. The topological polar surface area (TPSA) is 12.5 Å². The van der Waals surface area contributed by atoms with Gasteiger partial charge in [0.25, 0.3) is 0 Å². The van der Waals surface area contributed by atoms with Crippen molar-refractivity contribution in [3.63, 3.8) is 0 Å². The van der Waals surface area contributed by atoms with Crippen LogP contribution in [-0.4, -0.2) is 36.7 Å². The minimum Gasteiger partial charge on any atom is -0.375 e. The van der Waals surface area contributed by atoms with Crippen LogP contribution >= 0.6 is 0 Å². The molecule has 0 amide bonds. The van der Waals surface area contributed by atoms with Crippen molar-refractivity contribution >= 4 is 0 Å². The van der Waals surface area contributed by atoms with Crippen molar-refractivity contribution in [2.75, 3.05) is 19.7 Å². The smallest absolute Gasteiger partial charge is 0.0730 e. The lowest BCUT2D eigenvalue weighted by Gasteiger charge is -2.45. The standard InChI is InChI=1S/C16H27NO/c1-2-4-16-15(3-1)17(7-8-18-16)11-14-10-12-5-6-13(14)9-12/h12-16H,1-11H2/t12-,13-,14-,15+,16-/m0/s1. The fraction of sp³-hybridized carbons (Fsp3) is 1.00. The first-order valence-corrected chi connectivity index (χ1v) is 8.26. The normalized spacial score (nSPS) is 48.3. The van der Waals surface area contributed by atoms with Gasteiger partial charge >= 0.3 is 0 Å². The molecule has 0 aromatic rings.